The zero-order valence-corrected chi connectivity index (χ0v) is 12.7. The Morgan fingerprint density at radius 2 is 2.00 bits per heavy atom. The predicted octanol–water partition coefficient (Wildman–Crippen LogP) is 1.56. The van der Waals surface area contributed by atoms with Gasteiger partial charge in [-0.05, 0) is 30.3 Å². The van der Waals surface area contributed by atoms with Crippen molar-refractivity contribution < 1.29 is 9.21 Å². The van der Waals surface area contributed by atoms with Gasteiger partial charge < -0.3 is 9.73 Å². The first-order valence-corrected chi connectivity index (χ1v) is 7.49. The molecular weight excluding hydrogens is 308 g/mol. The van der Waals surface area contributed by atoms with E-state index < -0.39 is 5.76 Å². The lowest BCUT2D eigenvalue weighted by Crippen LogP contribution is -2.30. The molecule has 24 heavy (non-hydrogen) atoms. The zero-order chi connectivity index (χ0) is 16.5. The molecule has 1 N–H and O–H groups in total. The number of nitrogens with one attached hydrogen (secondary N) is 1. The lowest BCUT2D eigenvalue weighted by molar-refractivity contribution is -0.121. The van der Waals surface area contributed by atoms with Crippen LogP contribution in [-0.2, 0) is 17.9 Å². The van der Waals surface area contributed by atoms with E-state index >= 15 is 0 Å². The summed E-state index contributed by atoms with van der Waals surface area (Å²) in [5.41, 5.74) is 2.78. The van der Waals surface area contributed by atoms with Crippen LogP contribution in [0.2, 0.25) is 0 Å². The summed E-state index contributed by atoms with van der Waals surface area (Å²) in [5.74, 6) is -0.820. The summed E-state index contributed by atoms with van der Waals surface area (Å²) in [4.78, 5) is 24.0. The summed E-state index contributed by atoms with van der Waals surface area (Å²) in [6.45, 7) is 0.203. The second kappa shape index (κ2) is 5.69. The summed E-state index contributed by atoms with van der Waals surface area (Å²) in [7, 11) is 0. The molecule has 1 amide bonds. The molecular formula is C17H14N4O3. The van der Waals surface area contributed by atoms with Gasteiger partial charge in [0.2, 0.25) is 5.91 Å². The molecule has 0 aliphatic rings. The number of nitrogens with zero attached hydrogens (tertiary/aromatic N) is 3. The minimum absolute atomic E-state index is 0.0940. The van der Waals surface area contributed by atoms with E-state index in [1.165, 1.54) is 4.57 Å². The number of hydrogen-bond donors (Lipinski definition) is 1. The first-order chi connectivity index (χ1) is 11.7. The lowest BCUT2D eigenvalue weighted by atomic mass is 10.3. The third-order valence-electron chi connectivity index (χ3n) is 3.76. The summed E-state index contributed by atoms with van der Waals surface area (Å²) >= 11 is 0. The van der Waals surface area contributed by atoms with Gasteiger partial charge in [-0.2, -0.15) is 5.10 Å². The largest absolute Gasteiger partial charge is 0.420 e. The predicted molar refractivity (Wildman–Crippen MR) is 87.5 cm³/mol. The number of hydrogen-bond acceptors (Lipinski definition) is 4. The van der Waals surface area contributed by atoms with Gasteiger partial charge in [0, 0.05) is 6.20 Å². The van der Waals surface area contributed by atoms with Crippen molar-refractivity contribution in [1.82, 2.24) is 19.5 Å². The number of fused-ring (bicyclic) bond motifs is 2. The molecule has 120 valence electrons. The second-order valence-corrected chi connectivity index (χ2v) is 5.40. The van der Waals surface area contributed by atoms with E-state index in [2.05, 4.69) is 10.4 Å². The fourth-order valence-corrected chi connectivity index (χ4v) is 2.63. The number of aromatic nitrogens is 3. The van der Waals surface area contributed by atoms with Crippen LogP contribution in [0.4, 0.5) is 0 Å². The molecule has 0 spiro atoms. The normalized spacial score (nSPS) is 11.2. The Morgan fingerprint density at radius 3 is 2.88 bits per heavy atom. The number of carbonyl (C=O) groups is 1. The summed E-state index contributed by atoms with van der Waals surface area (Å²) in [5, 5.41) is 7.14. The molecule has 0 atom stereocenters. The van der Waals surface area contributed by atoms with Crippen LogP contribution in [0.3, 0.4) is 0 Å². The van der Waals surface area contributed by atoms with E-state index in [-0.39, 0.29) is 12.5 Å². The average Bonchev–Trinajstić information content (AvgIpc) is 3.14. The number of para-hydroxylation sites is 2. The molecule has 0 aliphatic heterocycles. The smallest absolute Gasteiger partial charge is 0.408 e. The van der Waals surface area contributed by atoms with E-state index in [4.69, 9.17) is 4.42 Å². The van der Waals surface area contributed by atoms with Crippen molar-refractivity contribution >= 4 is 22.5 Å². The molecule has 0 saturated heterocycles. The molecule has 3 heterocycles. The maximum Gasteiger partial charge on any atom is 0.420 e. The van der Waals surface area contributed by atoms with Crippen LogP contribution in [0, 0.1) is 0 Å². The van der Waals surface area contributed by atoms with Gasteiger partial charge in [0.15, 0.2) is 5.58 Å². The van der Waals surface area contributed by atoms with Gasteiger partial charge in [0.05, 0.1) is 23.3 Å². The standard InChI is InChI=1S/C17H14N4O3/c22-16(11-20-14-6-1-2-7-15(14)24-17(20)23)18-10-12-9-13-5-3-4-8-21(13)19-12/h1-9H,10-11H2,(H,18,22). The van der Waals surface area contributed by atoms with Crippen molar-refractivity contribution in [2.75, 3.05) is 0 Å². The number of benzene rings is 1. The van der Waals surface area contributed by atoms with E-state index in [9.17, 15) is 9.59 Å². The highest BCUT2D eigenvalue weighted by atomic mass is 16.4. The lowest BCUT2D eigenvalue weighted by Gasteiger charge is -2.03. The monoisotopic (exact) mass is 322 g/mol. The van der Waals surface area contributed by atoms with E-state index in [1.807, 2.05) is 30.5 Å². The molecule has 3 aromatic heterocycles. The quantitative estimate of drug-likeness (QED) is 0.618. The van der Waals surface area contributed by atoms with Crippen molar-refractivity contribution in [3.63, 3.8) is 0 Å². The molecule has 1 aromatic carbocycles. The average molecular weight is 322 g/mol. The van der Waals surface area contributed by atoms with Crippen molar-refractivity contribution in [3.8, 4) is 0 Å². The van der Waals surface area contributed by atoms with Gasteiger partial charge in [-0.25, -0.2) is 9.31 Å². The third kappa shape index (κ3) is 2.56. The molecule has 0 saturated carbocycles. The van der Waals surface area contributed by atoms with Crippen LogP contribution in [0.1, 0.15) is 5.69 Å². The fourth-order valence-electron chi connectivity index (χ4n) is 2.63. The topological polar surface area (TPSA) is 81.5 Å². The summed E-state index contributed by atoms with van der Waals surface area (Å²) in [6.07, 6.45) is 1.85. The Bertz CT molecular complexity index is 1060. The molecule has 0 aliphatic carbocycles. The fraction of sp³-hybridized carbons (Fsp3) is 0.118. The Labute approximate surface area is 136 Å². The Hall–Kier alpha value is -3.35. The van der Waals surface area contributed by atoms with Crippen LogP contribution in [0.5, 0.6) is 0 Å². The molecule has 4 aromatic rings. The Balaban J connectivity index is 1.48. The van der Waals surface area contributed by atoms with Gasteiger partial charge in [0.25, 0.3) is 0 Å². The Kier molecular flexibility index (Phi) is 3.38. The zero-order valence-electron chi connectivity index (χ0n) is 12.7. The van der Waals surface area contributed by atoms with Gasteiger partial charge in [-0.1, -0.05) is 18.2 Å². The van der Waals surface area contributed by atoms with E-state index in [1.54, 1.807) is 28.8 Å². The first kappa shape index (κ1) is 14.3. The third-order valence-corrected chi connectivity index (χ3v) is 3.76. The van der Waals surface area contributed by atoms with Crippen molar-refractivity contribution in [3.05, 3.63) is 71.0 Å². The molecule has 4 rings (SSSR count). The van der Waals surface area contributed by atoms with Crippen LogP contribution < -0.4 is 11.1 Å². The first-order valence-electron chi connectivity index (χ1n) is 7.49. The van der Waals surface area contributed by atoms with Gasteiger partial charge in [-0.3, -0.25) is 9.36 Å². The molecule has 7 heteroatoms. The number of rotatable bonds is 4. The summed E-state index contributed by atoms with van der Waals surface area (Å²) < 4.78 is 8.17. The van der Waals surface area contributed by atoms with Crippen molar-refractivity contribution in [2.45, 2.75) is 13.1 Å². The van der Waals surface area contributed by atoms with Gasteiger partial charge >= 0.3 is 5.76 Å². The summed E-state index contributed by atoms with van der Waals surface area (Å²) in [6, 6.07) is 14.7. The minimum Gasteiger partial charge on any atom is -0.408 e. The van der Waals surface area contributed by atoms with Crippen LogP contribution in [0.25, 0.3) is 16.6 Å². The highest BCUT2D eigenvalue weighted by Crippen LogP contribution is 2.11. The maximum absolute atomic E-state index is 12.1. The van der Waals surface area contributed by atoms with Crippen LogP contribution in [-0.4, -0.2) is 20.1 Å². The minimum atomic E-state index is -0.543. The maximum atomic E-state index is 12.1. The number of pyridine rings is 1. The van der Waals surface area contributed by atoms with Gasteiger partial charge in [-0.15, -0.1) is 0 Å². The van der Waals surface area contributed by atoms with E-state index in [0.717, 1.165) is 11.2 Å². The van der Waals surface area contributed by atoms with Crippen molar-refractivity contribution in [1.29, 1.82) is 0 Å². The van der Waals surface area contributed by atoms with Crippen LogP contribution in [0.15, 0.2) is 63.9 Å². The molecule has 7 nitrogen and oxygen atoms in total. The highest BCUT2D eigenvalue weighted by Gasteiger charge is 2.12. The van der Waals surface area contributed by atoms with Crippen LogP contribution >= 0.6 is 0 Å². The number of oxazole rings is 1. The Morgan fingerprint density at radius 1 is 1.17 bits per heavy atom. The van der Waals surface area contributed by atoms with E-state index in [0.29, 0.717) is 17.6 Å². The second-order valence-electron chi connectivity index (χ2n) is 5.40. The SMILES string of the molecule is O=C(Cn1c(=O)oc2ccccc21)NCc1cc2ccccn2n1. The molecule has 0 bridgehead atoms. The molecule has 0 radical (unpaired) electrons. The number of amides is 1. The van der Waals surface area contributed by atoms with Gasteiger partial charge in [0.1, 0.15) is 6.54 Å². The molecule has 0 unspecified atom stereocenters. The highest BCUT2D eigenvalue weighted by molar-refractivity contribution is 5.79. The van der Waals surface area contributed by atoms with Crippen molar-refractivity contribution in [2.24, 2.45) is 0 Å². The number of carbonyl (C=O) groups excluding carboxylic acids is 1. The molecule has 0 fully saturated rings.